The van der Waals surface area contributed by atoms with Gasteiger partial charge in [0.25, 0.3) is 5.91 Å². The second-order valence-electron chi connectivity index (χ2n) is 9.87. The molecule has 0 saturated carbocycles. The number of amides is 5. The van der Waals surface area contributed by atoms with E-state index in [1.165, 1.54) is 6.92 Å². The Kier molecular flexibility index (Phi) is 20.5. The minimum absolute atomic E-state index is 0.245. The average molecular weight is 1010 g/mol. The van der Waals surface area contributed by atoms with E-state index in [0.29, 0.717) is 0 Å². The molecule has 0 aromatic heterocycles. The van der Waals surface area contributed by atoms with Crippen molar-refractivity contribution in [2.24, 2.45) is 0 Å². The molecule has 4 atom stereocenters. The molecule has 0 fully saturated rings. The monoisotopic (exact) mass is 1010 g/mol. The number of ketones is 1. The summed E-state index contributed by atoms with van der Waals surface area (Å²) in [7, 11) is 0. The number of Topliss-reactive ketones (excluding diaryl/α,β-unsaturated/α-hetero) is 1. The minimum atomic E-state index is -1.62. The lowest BCUT2D eigenvalue weighted by Crippen LogP contribution is -2.47. The number of hydrogen-bond acceptors (Lipinski definition) is 10. The van der Waals surface area contributed by atoms with Crippen LogP contribution in [-0.4, -0.2) is 110 Å². The van der Waals surface area contributed by atoms with E-state index in [2.05, 4.69) is 26.6 Å². The van der Waals surface area contributed by atoms with E-state index in [4.69, 9.17) is 0 Å². The van der Waals surface area contributed by atoms with Gasteiger partial charge < -0.3 is 47.0 Å². The topological polar surface area (TPSA) is 312 Å². The van der Waals surface area contributed by atoms with Crippen molar-refractivity contribution in [1.82, 2.24) is 26.6 Å². The molecule has 0 saturated heterocycles. The van der Waals surface area contributed by atoms with E-state index in [-0.39, 0.29) is 31.6 Å². The van der Waals surface area contributed by atoms with Crippen LogP contribution < -0.4 is 26.6 Å². The third-order valence-corrected chi connectivity index (χ3v) is 7.41. The Morgan fingerprint density at radius 2 is 0.787 bits per heavy atom. The van der Waals surface area contributed by atoms with E-state index < -0.39 is 109 Å². The molecule has 0 aromatic rings. The van der Waals surface area contributed by atoms with Gasteiger partial charge in [-0.15, -0.1) is 0 Å². The molecular formula is C25H34I3N5O14. The van der Waals surface area contributed by atoms with Gasteiger partial charge in [-0.25, -0.2) is 19.2 Å². The normalized spacial score (nSPS) is 13.4. The summed E-state index contributed by atoms with van der Waals surface area (Å²) in [5.74, 6) is -10.2. The highest BCUT2D eigenvalue weighted by Crippen LogP contribution is 2.35. The maximum atomic E-state index is 12.4. The van der Waals surface area contributed by atoms with Crippen molar-refractivity contribution in [1.29, 1.82) is 0 Å². The van der Waals surface area contributed by atoms with Gasteiger partial charge >= 0.3 is 23.9 Å². The van der Waals surface area contributed by atoms with E-state index in [1.807, 2.05) is 0 Å². The van der Waals surface area contributed by atoms with Crippen LogP contribution in [-0.2, 0) is 47.9 Å². The summed E-state index contributed by atoms with van der Waals surface area (Å²) >= 11 is 5.32. The first-order valence-corrected chi connectivity index (χ1v) is 16.8. The standard InChI is InChI=1S/C25H34I3N5O14/c1-11(34)10-29-16(35)6-2-12(20(39)40)30-17(36)7-3-13(21(41)42)31-18(37)8-4-14(22(43)44)32-19(38)9-5-15(23(45)46)33-24(47)25(26,27)28/h12-15H,2-10H2,1H3,(H,29,35)(H,30,36)(H,31,37)(H,32,38)(H,33,47)(H,39,40)(H,41,42)(H,43,44)(H,45,46)/t12-,13-,14-,15-/m0/s1. The van der Waals surface area contributed by atoms with Crippen molar-refractivity contribution in [2.45, 2.75) is 81.9 Å². The Labute approximate surface area is 308 Å². The fourth-order valence-corrected chi connectivity index (χ4v) is 3.95. The van der Waals surface area contributed by atoms with E-state index in [9.17, 15) is 68.4 Å². The molecule has 0 rings (SSSR count). The molecule has 0 heterocycles. The molecule has 9 N–H and O–H groups in total. The SMILES string of the molecule is CC(=O)CNC(=O)CC[C@H](NC(=O)CC[C@H](NC(=O)CC[C@H](NC(=O)CC[C@H](NC(=O)C(I)(I)I)C(=O)O)C(=O)O)C(=O)O)C(=O)O. The molecule has 0 aliphatic heterocycles. The first kappa shape index (κ1) is 44.1. The van der Waals surface area contributed by atoms with Gasteiger partial charge in [-0.3, -0.25) is 28.8 Å². The first-order chi connectivity index (χ1) is 21.6. The Hall–Kier alpha value is -2.91. The smallest absolute Gasteiger partial charge is 0.326 e. The van der Waals surface area contributed by atoms with Gasteiger partial charge in [0.05, 0.1) is 6.54 Å². The van der Waals surface area contributed by atoms with Crippen LogP contribution >= 0.6 is 67.8 Å². The van der Waals surface area contributed by atoms with E-state index >= 15 is 0 Å². The largest absolute Gasteiger partial charge is 0.480 e. The van der Waals surface area contributed by atoms with Crippen molar-refractivity contribution < 1.29 is 68.4 Å². The predicted octanol–water partition coefficient (Wildman–Crippen LogP) is -0.951. The highest BCUT2D eigenvalue weighted by atomic mass is 127. The number of carboxylic acids is 4. The number of alkyl halides is 3. The molecule has 0 aliphatic rings. The number of rotatable bonds is 23. The summed E-state index contributed by atoms with van der Waals surface area (Å²) in [5, 5.41) is 48.4. The molecular weight excluding hydrogens is 975 g/mol. The van der Waals surface area contributed by atoms with Crippen LogP contribution in [0.1, 0.15) is 58.3 Å². The van der Waals surface area contributed by atoms with Crippen LogP contribution in [0, 0.1) is 0 Å². The Morgan fingerprint density at radius 3 is 1.04 bits per heavy atom. The van der Waals surface area contributed by atoms with Gasteiger partial charge in [0.15, 0.2) is 0 Å². The third-order valence-electron chi connectivity index (χ3n) is 5.94. The molecule has 0 unspecified atom stereocenters. The number of hydrogen-bond donors (Lipinski definition) is 9. The van der Waals surface area contributed by atoms with Gasteiger partial charge in [-0.1, -0.05) is 0 Å². The van der Waals surface area contributed by atoms with E-state index in [0.717, 1.165) is 0 Å². The molecule has 22 heteroatoms. The molecule has 0 aromatic carbocycles. The Balaban J connectivity index is 4.96. The second kappa shape index (κ2) is 21.9. The van der Waals surface area contributed by atoms with Gasteiger partial charge in [0, 0.05) is 25.7 Å². The van der Waals surface area contributed by atoms with E-state index in [1.54, 1.807) is 67.8 Å². The zero-order valence-corrected chi connectivity index (χ0v) is 31.2. The Bertz CT molecular complexity index is 1230. The van der Waals surface area contributed by atoms with Crippen LogP contribution in [0.3, 0.4) is 0 Å². The van der Waals surface area contributed by atoms with Gasteiger partial charge in [0.2, 0.25) is 23.1 Å². The lowest BCUT2D eigenvalue weighted by Gasteiger charge is -2.19. The molecule has 264 valence electrons. The number of nitrogens with one attached hydrogen (secondary N) is 5. The maximum absolute atomic E-state index is 12.4. The minimum Gasteiger partial charge on any atom is -0.480 e. The number of halogens is 3. The Morgan fingerprint density at radius 1 is 0.511 bits per heavy atom. The summed E-state index contributed by atoms with van der Waals surface area (Å²) in [6, 6.07) is -6.16. The van der Waals surface area contributed by atoms with Crippen molar-refractivity contribution in [3.63, 3.8) is 0 Å². The van der Waals surface area contributed by atoms with Crippen molar-refractivity contribution in [3.8, 4) is 0 Å². The third kappa shape index (κ3) is 20.1. The summed E-state index contributed by atoms with van der Waals surface area (Å²) in [5.41, 5.74) is 0. The van der Waals surface area contributed by atoms with Crippen LogP contribution in [0.15, 0.2) is 0 Å². The number of aliphatic carboxylic acids is 4. The molecule has 0 bridgehead atoms. The molecule has 0 radical (unpaired) electrons. The zero-order chi connectivity index (χ0) is 36.5. The number of carboxylic acid groups (broad SMARTS) is 4. The van der Waals surface area contributed by atoms with Gasteiger partial charge in [-0.2, -0.15) is 0 Å². The van der Waals surface area contributed by atoms with Crippen molar-refractivity contribution in [3.05, 3.63) is 0 Å². The van der Waals surface area contributed by atoms with Gasteiger partial charge in [-0.05, 0) is 100 Å². The molecule has 19 nitrogen and oxygen atoms in total. The lowest BCUT2D eigenvalue weighted by atomic mass is 10.1. The lowest BCUT2D eigenvalue weighted by molar-refractivity contribution is -0.144. The molecule has 5 amide bonds. The highest BCUT2D eigenvalue weighted by Gasteiger charge is 2.33. The summed E-state index contributed by atoms with van der Waals surface area (Å²) < 4.78 is -0.993. The van der Waals surface area contributed by atoms with Crippen molar-refractivity contribution in [2.75, 3.05) is 6.54 Å². The van der Waals surface area contributed by atoms with Crippen LogP contribution in [0.25, 0.3) is 0 Å². The fourth-order valence-electron chi connectivity index (χ4n) is 3.48. The summed E-state index contributed by atoms with van der Waals surface area (Å²) in [4.78, 5) is 118. The summed E-state index contributed by atoms with van der Waals surface area (Å²) in [6.45, 7) is 0.994. The van der Waals surface area contributed by atoms with Gasteiger partial charge in [0.1, 0.15) is 30.0 Å². The molecule has 0 spiro atoms. The quantitative estimate of drug-likeness (QED) is 0.0441. The van der Waals surface area contributed by atoms with Crippen LogP contribution in [0.2, 0.25) is 0 Å². The summed E-state index contributed by atoms with van der Waals surface area (Å²) in [6.07, 6.45) is -3.58. The highest BCUT2D eigenvalue weighted by molar-refractivity contribution is 14.3. The maximum Gasteiger partial charge on any atom is 0.326 e. The second-order valence-corrected chi connectivity index (χ2v) is 20.9. The van der Waals surface area contributed by atoms with Crippen LogP contribution in [0.4, 0.5) is 0 Å². The zero-order valence-electron chi connectivity index (χ0n) is 24.7. The average Bonchev–Trinajstić information content (AvgIpc) is 2.94. The van der Waals surface area contributed by atoms with Crippen molar-refractivity contribution >= 4 is 127 Å². The molecule has 47 heavy (non-hydrogen) atoms. The number of carbonyl (C=O) groups excluding carboxylic acids is 6. The van der Waals surface area contributed by atoms with Crippen LogP contribution in [0.5, 0.6) is 0 Å². The first-order valence-electron chi connectivity index (χ1n) is 13.6. The predicted molar refractivity (Wildman–Crippen MR) is 184 cm³/mol. The molecule has 0 aliphatic carbocycles. The fraction of sp³-hybridized carbons (Fsp3) is 0.600. The number of carbonyl (C=O) groups is 10.